The van der Waals surface area contributed by atoms with Crippen molar-refractivity contribution in [3.05, 3.63) is 131 Å². The predicted molar refractivity (Wildman–Crippen MR) is 355 cm³/mol. The third-order valence-corrected chi connectivity index (χ3v) is 16.0. The third kappa shape index (κ3) is 18.9. The van der Waals surface area contributed by atoms with Crippen molar-refractivity contribution in [2.75, 3.05) is 99.8 Å². The molecule has 4 aromatic carbocycles. The number of H-pyrrole nitrogens is 1. The number of nitrogens with one attached hydrogen (secondary N) is 7. The molecule has 30 nitrogen and oxygen atoms in total. The maximum absolute atomic E-state index is 14.7. The van der Waals surface area contributed by atoms with Gasteiger partial charge in [0.2, 0.25) is 11.8 Å². The van der Waals surface area contributed by atoms with Gasteiger partial charge in [-0.2, -0.15) is 0 Å². The van der Waals surface area contributed by atoms with E-state index in [1.165, 1.54) is 23.0 Å². The number of carbonyl (C=O) groups is 11. The van der Waals surface area contributed by atoms with Gasteiger partial charge in [0, 0.05) is 104 Å². The Hall–Kier alpha value is -11.0. The number of alkyl carbamates (subject to hydrolysis) is 1. The van der Waals surface area contributed by atoms with Gasteiger partial charge < -0.3 is 87.7 Å². The number of nitrogens with two attached hydrogens (primary N) is 3. The summed E-state index contributed by atoms with van der Waals surface area (Å²) in [6, 6.07) is 19.4. The Labute approximate surface area is 556 Å². The van der Waals surface area contributed by atoms with Gasteiger partial charge in [-0.25, -0.2) is 29.0 Å². The third-order valence-electron chi connectivity index (χ3n) is 15.6. The second kappa shape index (κ2) is 33.2. The maximum atomic E-state index is 14.7. The number of urea groups is 2. The molecule has 0 radical (unpaired) electrons. The second-order valence-electron chi connectivity index (χ2n) is 22.9. The molecule has 2 aromatic heterocycles. The summed E-state index contributed by atoms with van der Waals surface area (Å²) in [6.07, 6.45) is 1.84. The molecular weight excluding hydrogens is 1270 g/mol. The fourth-order valence-electron chi connectivity index (χ4n) is 10.6. The molecule has 0 aliphatic carbocycles. The Morgan fingerprint density at radius 2 is 1.50 bits per heavy atom. The van der Waals surface area contributed by atoms with Crippen LogP contribution in [0.4, 0.5) is 46.9 Å². The van der Waals surface area contributed by atoms with Crippen LogP contribution in [0, 0.1) is 12.8 Å². The molecule has 96 heavy (non-hydrogen) atoms. The number of primary amides is 2. The molecule has 0 bridgehead atoms. The van der Waals surface area contributed by atoms with Gasteiger partial charge in [-0.1, -0.05) is 44.2 Å². The van der Waals surface area contributed by atoms with Crippen molar-refractivity contribution in [2.45, 2.75) is 64.6 Å². The summed E-state index contributed by atoms with van der Waals surface area (Å²) in [4.78, 5) is 155. The van der Waals surface area contributed by atoms with Crippen LogP contribution in [0.2, 0.25) is 0 Å². The first-order chi connectivity index (χ1) is 46.0. The van der Waals surface area contributed by atoms with Gasteiger partial charge in [-0.3, -0.25) is 33.7 Å². The molecule has 508 valence electrons. The fourth-order valence-corrected chi connectivity index (χ4v) is 10.8. The molecule has 3 atom stereocenters. The number of hydrogen-bond donors (Lipinski definition) is 10. The first-order valence-corrected chi connectivity index (χ1v) is 31.3. The van der Waals surface area contributed by atoms with Crippen LogP contribution in [0.1, 0.15) is 76.6 Å². The first-order valence-electron chi connectivity index (χ1n) is 30.7. The van der Waals surface area contributed by atoms with Crippen LogP contribution in [0.3, 0.4) is 0 Å². The van der Waals surface area contributed by atoms with E-state index in [-0.39, 0.29) is 121 Å². The van der Waals surface area contributed by atoms with Crippen LogP contribution in [-0.4, -0.2) is 181 Å². The number of imide groups is 1. The highest BCUT2D eigenvalue weighted by molar-refractivity contribution is 6.20. The van der Waals surface area contributed by atoms with E-state index in [4.69, 9.17) is 47.7 Å². The number of aryl methyl sites for hydroxylation is 1. The molecule has 31 heteroatoms. The monoisotopic (exact) mass is 1340 g/mol. The molecule has 6 aromatic rings. The number of rotatable bonds is 30. The summed E-state index contributed by atoms with van der Waals surface area (Å²) in [7, 11) is 1.48. The number of nitrogens with zero attached hydrogens (tertiary/aromatic N) is 5. The van der Waals surface area contributed by atoms with Gasteiger partial charge in [0.25, 0.3) is 23.6 Å². The van der Waals surface area contributed by atoms with Gasteiger partial charge in [0.15, 0.2) is 0 Å². The van der Waals surface area contributed by atoms with E-state index in [1.54, 1.807) is 85.5 Å². The number of alkyl halides is 1. The fraction of sp³-hybridized carbons (Fsp3) is 0.354. The number of fused-ring (bicyclic) bond motifs is 4. The van der Waals surface area contributed by atoms with Crippen molar-refractivity contribution < 1.29 is 71.7 Å². The van der Waals surface area contributed by atoms with E-state index in [2.05, 4.69) is 41.9 Å². The molecule has 0 spiro atoms. The minimum atomic E-state index is -1.17. The topological polar surface area (TPSA) is 417 Å². The summed E-state index contributed by atoms with van der Waals surface area (Å²) in [6.45, 7) is 5.14. The van der Waals surface area contributed by atoms with Gasteiger partial charge in [-0.05, 0) is 103 Å². The van der Waals surface area contributed by atoms with Crippen LogP contribution in [0.25, 0.3) is 21.7 Å². The van der Waals surface area contributed by atoms with Crippen LogP contribution in [0.5, 0.6) is 5.75 Å². The number of likely N-dealkylation sites (N-methyl/N-ethyl adjacent to an activating group) is 1. The Balaban J connectivity index is 0.875. The van der Waals surface area contributed by atoms with Crippen LogP contribution < -0.4 is 58.7 Å². The molecule has 0 saturated carbocycles. The summed E-state index contributed by atoms with van der Waals surface area (Å²) in [5, 5.41) is 17.6. The molecular formula is C65H76ClN15O15. The van der Waals surface area contributed by atoms with Gasteiger partial charge in [0.1, 0.15) is 42.6 Å². The second-order valence-corrected chi connectivity index (χ2v) is 23.2. The van der Waals surface area contributed by atoms with Crippen molar-refractivity contribution in [3.8, 4) is 5.75 Å². The molecule has 13 amide bonds. The van der Waals surface area contributed by atoms with Crippen molar-refractivity contribution in [3.63, 3.8) is 0 Å². The predicted octanol–water partition coefficient (Wildman–Crippen LogP) is 5.53. The van der Waals surface area contributed by atoms with Crippen molar-refractivity contribution >= 4 is 122 Å². The molecule has 13 N–H and O–H groups in total. The SMILES string of the molecule is Cc1cccc2c(OC(=O)N(CCCNC(N)=O)CCN(C)C(=O)OCc3ccc(NC(=O)[C@H](CCCNC(N)=O)NC(=O)[C@@H](NC(=O)OCCOCCN4C(=O)C=CC4=O)C(C)C)cc3)cc3c(c12)[C@H](CCl)CN3C(=O)c1cc2cc(NC(=O)c3ccc(N)cc3)ncc2[nH]1. The number of nitrogen functional groups attached to an aromatic ring is 1. The Kier molecular flexibility index (Phi) is 24.5. The number of amides is 13. The van der Waals surface area contributed by atoms with Crippen molar-refractivity contribution in [1.82, 2.24) is 45.9 Å². The smallest absolute Gasteiger partial charge is 0.415 e. The average molecular weight is 1340 g/mol. The lowest BCUT2D eigenvalue weighted by atomic mass is 9.92. The highest BCUT2D eigenvalue weighted by atomic mass is 35.5. The Morgan fingerprint density at radius 1 is 0.792 bits per heavy atom. The molecule has 8 rings (SSSR count). The zero-order valence-electron chi connectivity index (χ0n) is 53.2. The number of anilines is 4. The van der Waals surface area contributed by atoms with Crippen LogP contribution in [0.15, 0.2) is 103 Å². The summed E-state index contributed by atoms with van der Waals surface area (Å²) >= 11 is 6.66. The lowest BCUT2D eigenvalue weighted by Crippen LogP contribution is -2.54. The molecule has 0 saturated heterocycles. The standard InChI is InChI=1S/C65H76ClN15O15/c1-37(2)56(77-63(90)94-29-28-93-27-26-80-52(82)19-20-53(80)83)59(86)75-46(10-6-21-70-61(68)88)58(85)73-44-17-11-39(12-18-44)36-95-64(91)78(4)24-25-79(23-7-22-71-62(69)89)65(92)96-50-32-49-55(54-38(3)8-5-9-45(50)54)42(33-66)35-81(49)60(87)47-30-41-31-51(72-34-48(41)74-47)76-57(84)40-13-15-43(67)16-14-40/h5,8-9,11-20,30-32,34,37,42,46,56,74H,6-7,10,21-29,33,35-36,67H2,1-4H3,(H,73,85)(H,75,86)(H,77,90)(H3,68,70,88)(H3,69,71,89)(H,72,76,84)/t42-,46+,56+/m1/s1. The van der Waals surface area contributed by atoms with E-state index in [1.807, 2.05) is 25.1 Å². The normalized spacial score (nSPS) is 13.8. The van der Waals surface area contributed by atoms with Gasteiger partial charge in [0.05, 0.1) is 37.2 Å². The minimum absolute atomic E-state index is 0.00642. The van der Waals surface area contributed by atoms with Crippen molar-refractivity contribution in [1.29, 1.82) is 0 Å². The van der Waals surface area contributed by atoms with E-state index >= 15 is 0 Å². The van der Waals surface area contributed by atoms with E-state index in [0.717, 1.165) is 33.6 Å². The molecule has 4 heterocycles. The summed E-state index contributed by atoms with van der Waals surface area (Å²) in [5.41, 5.74) is 20.9. The minimum Gasteiger partial charge on any atom is -0.447 e. The van der Waals surface area contributed by atoms with Gasteiger partial charge in [-0.15, -0.1) is 11.6 Å². The first kappa shape index (κ1) is 70.9. The molecule has 0 unspecified atom stereocenters. The zero-order valence-corrected chi connectivity index (χ0v) is 54.0. The van der Waals surface area contributed by atoms with E-state index < -0.39 is 83.8 Å². The number of carbonyl (C=O) groups excluding carboxylic acids is 11. The van der Waals surface area contributed by atoms with Gasteiger partial charge >= 0.3 is 30.3 Å². The lowest BCUT2D eigenvalue weighted by molar-refractivity contribution is -0.137. The quantitative estimate of drug-likeness (QED) is 0.0115. The average Bonchev–Trinajstić information content (AvgIpc) is 1.54. The molecule has 2 aliphatic rings. The van der Waals surface area contributed by atoms with Crippen molar-refractivity contribution in [2.24, 2.45) is 17.4 Å². The van der Waals surface area contributed by atoms with E-state index in [9.17, 15) is 52.7 Å². The summed E-state index contributed by atoms with van der Waals surface area (Å²) < 4.78 is 22.4. The van der Waals surface area contributed by atoms with Crippen LogP contribution in [-0.2, 0) is 40.0 Å². The highest BCUT2D eigenvalue weighted by Gasteiger charge is 2.37. The Morgan fingerprint density at radius 3 is 2.19 bits per heavy atom. The highest BCUT2D eigenvalue weighted by Crippen LogP contribution is 2.47. The Bertz CT molecular complexity index is 3900. The maximum Gasteiger partial charge on any atom is 0.415 e. The largest absolute Gasteiger partial charge is 0.447 e. The molecule has 0 fully saturated rings. The van der Waals surface area contributed by atoms with Crippen LogP contribution >= 0.6 is 11.6 Å². The zero-order chi connectivity index (χ0) is 69.2. The summed E-state index contributed by atoms with van der Waals surface area (Å²) in [5.74, 6) is -3.27. The number of pyridine rings is 1. The number of benzene rings is 4. The number of ether oxygens (including phenoxy) is 4. The lowest BCUT2D eigenvalue weighted by Gasteiger charge is -2.26. The number of hydrogen-bond acceptors (Lipinski definition) is 17. The number of aromatic nitrogens is 2. The number of aromatic amines is 1. The number of halogens is 1. The molecule has 2 aliphatic heterocycles. The van der Waals surface area contributed by atoms with E-state index in [0.29, 0.717) is 44.5 Å².